The van der Waals surface area contributed by atoms with Crippen LogP contribution in [0, 0.1) is 0 Å². The lowest BCUT2D eigenvalue weighted by atomic mass is 9.88. The number of thiophene rings is 1. The van der Waals surface area contributed by atoms with E-state index in [-0.39, 0.29) is 18.3 Å². The van der Waals surface area contributed by atoms with Gasteiger partial charge in [-0.1, -0.05) is 35.6 Å². The van der Waals surface area contributed by atoms with Crippen molar-refractivity contribution in [3.63, 3.8) is 0 Å². The van der Waals surface area contributed by atoms with Crippen molar-refractivity contribution in [2.75, 3.05) is 0 Å². The lowest BCUT2D eigenvalue weighted by Crippen LogP contribution is -2.41. The van der Waals surface area contributed by atoms with E-state index < -0.39 is 8.07 Å². The zero-order valence-corrected chi connectivity index (χ0v) is 16.2. The molecule has 1 fully saturated rings. The van der Waals surface area contributed by atoms with Crippen LogP contribution >= 0.6 is 27.3 Å². The summed E-state index contributed by atoms with van der Waals surface area (Å²) in [6, 6.07) is 2.25. The van der Waals surface area contributed by atoms with E-state index in [0.29, 0.717) is 0 Å². The highest BCUT2D eigenvalue weighted by molar-refractivity contribution is 9.10. The first kappa shape index (κ1) is 15.8. The second-order valence-electron chi connectivity index (χ2n) is 7.16. The molecule has 19 heavy (non-hydrogen) atoms. The highest BCUT2D eigenvalue weighted by atomic mass is 79.9. The molecule has 0 spiro atoms. The van der Waals surface area contributed by atoms with Gasteiger partial charge in [0.05, 0.1) is 19.3 Å². The van der Waals surface area contributed by atoms with Crippen molar-refractivity contribution in [2.24, 2.45) is 0 Å². The number of rotatable bonds is 2. The van der Waals surface area contributed by atoms with E-state index in [0.717, 1.165) is 9.25 Å². The van der Waals surface area contributed by atoms with E-state index in [1.54, 1.807) is 0 Å². The third-order valence-corrected chi connectivity index (χ3v) is 9.57. The number of hydrogen-bond donors (Lipinski definition) is 0. The molecule has 0 bridgehead atoms. The van der Waals surface area contributed by atoms with Crippen molar-refractivity contribution in [2.45, 2.75) is 58.5 Å². The molecule has 1 aliphatic rings. The number of hydrogen-bond acceptors (Lipinski definition) is 3. The predicted octanol–water partition coefficient (Wildman–Crippen LogP) is 3.36. The molecule has 0 unspecified atom stereocenters. The monoisotopic (exact) mass is 360 g/mol. The van der Waals surface area contributed by atoms with Crippen LogP contribution in [0.2, 0.25) is 19.6 Å². The van der Waals surface area contributed by atoms with Crippen molar-refractivity contribution in [1.29, 1.82) is 0 Å². The summed E-state index contributed by atoms with van der Waals surface area (Å²) in [5.41, 5.74) is -0.555. The topological polar surface area (TPSA) is 18.5 Å². The van der Waals surface area contributed by atoms with Crippen LogP contribution in [0.15, 0.2) is 10.5 Å². The highest BCUT2D eigenvalue weighted by Gasteiger charge is 2.52. The van der Waals surface area contributed by atoms with Crippen LogP contribution < -0.4 is 9.28 Å². The van der Waals surface area contributed by atoms with Crippen LogP contribution in [0.5, 0.6) is 0 Å². The van der Waals surface area contributed by atoms with Crippen molar-refractivity contribution in [3.8, 4) is 0 Å². The van der Waals surface area contributed by atoms with Crippen molar-refractivity contribution in [1.82, 2.24) is 0 Å². The molecule has 1 aromatic rings. The first-order chi connectivity index (χ1) is 8.44. The summed E-state index contributed by atoms with van der Waals surface area (Å²) in [7, 11) is -1.54. The fourth-order valence-corrected chi connectivity index (χ4v) is 5.78. The zero-order valence-electron chi connectivity index (χ0n) is 12.8. The van der Waals surface area contributed by atoms with E-state index >= 15 is 0 Å². The zero-order chi connectivity index (χ0) is 14.6. The molecule has 0 radical (unpaired) electrons. The van der Waals surface area contributed by atoms with Gasteiger partial charge >= 0.3 is 7.12 Å². The Labute approximate surface area is 130 Å². The predicted molar refractivity (Wildman–Crippen MR) is 90.7 cm³/mol. The highest BCUT2D eigenvalue weighted by Crippen LogP contribution is 2.37. The van der Waals surface area contributed by atoms with Gasteiger partial charge in [-0.25, -0.2) is 0 Å². The second kappa shape index (κ2) is 4.70. The summed E-state index contributed by atoms with van der Waals surface area (Å²) in [6.07, 6.45) is 0. The summed E-state index contributed by atoms with van der Waals surface area (Å²) < 4.78 is 16.0. The van der Waals surface area contributed by atoms with Gasteiger partial charge in [0, 0.05) is 9.25 Å². The van der Waals surface area contributed by atoms with Crippen LogP contribution in [-0.4, -0.2) is 26.4 Å². The fraction of sp³-hybridized carbons (Fsp3) is 0.692. The summed E-state index contributed by atoms with van der Waals surface area (Å²) in [6.45, 7) is 15.4. The summed E-state index contributed by atoms with van der Waals surface area (Å²) in [4.78, 5) is 0. The van der Waals surface area contributed by atoms with Gasteiger partial charge in [0.2, 0.25) is 0 Å². The molecule has 0 aliphatic carbocycles. The molecule has 0 N–H and O–H groups in total. The molecule has 0 amide bonds. The molecule has 0 saturated carbocycles. The Bertz CT molecular complexity index is 477. The van der Waals surface area contributed by atoms with E-state index in [1.165, 1.54) is 4.50 Å². The van der Waals surface area contributed by atoms with Gasteiger partial charge in [0.25, 0.3) is 0 Å². The molecule has 2 heterocycles. The molecule has 2 rings (SSSR count). The maximum absolute atomic E-state index is 6.13. The molecule has 106 valence electrons. The maximum Gasteiger partial charge on any atom is 0.506 e. The largest absolute Gasteiger partial charge is 0.506 e. The van der Waals surface area contributed by atoms with Gasteiger partial charge in [-0.3, -0.25) is 0 Å². The van der Waals surface area contributed by atoms with Crippen molar-refractivity contribution in [3.05, 3.63) is 10.5 Å². The first-order valence-corrected chi connectivity index (χ1v) is 11.7. The summed E-state index contributed by atoms with van der Waals surface area (Å²) >= 11 is 5.50. The molecule has 1 aromatic heterocycles. The Morgan fingerprint density at radius 2 is 1.58 bits per heavy atom. The lowest BCUT2D eigenvalue weighted by molar-refractivity contribution is 0.00578. The Hall–Kier alpha value is 0.382. The van der Waals surface area contributed by atoms with Crippen LogP contribution in [-0.2, 0) is 9.31 Å². The molecule has 1 aliphatic heterocycles. The van der Waals surface area contributed by atoms with Gasteiger partial charge in [0.1, 0.15) is 0 Å². The van der Waals surface area contributed by atoms with E-state index in [2.05, 4.69) is 69.3 Å². The Morgan fingerprint density at radius 3 is 1.95 bits per heavy atom. The SMILES string of the molecule is CC1(C)OB(c2sc([Si](C)(C)C)cc2Br)OC1(C)C. The minimum absolute atomic E-state index is 0.255. The first-order valence-electron chi connectivity index (χ1n) is 6.59. The van der Waals surface area contributed by atoms with Gasteiger partial charge in [-0.2, -0.15) is 11.3 Å². The van der Waals surface area contributed by atoms with E-state index in [9.17, 15) is 0 Å². The van der Waals surface area contributed by atoms with Crippen LogP contribution in [0.3, 0.4) is 0 Å². The van der Waals surface area contributed by atoms with Gasteiger partial charge < -0.3 is 9.31 Å². The fourth-order valence-electron chi connectivity index (χ4n) is 1.86. The van der Waals surface area contributed by atoms with E-state index in [4.69, 9.17) is 9.31 Å². The van der Waals surface area contributed by atoms with Crippen molar-refractivity contribution >= 4 is 51.7 Å². The van der Waals surface area contributed by atoms with Crippen LogP contribution in [0.1, 0.15) is 27.7 Å². The van der Waals surface area contributed by atoms with Crippen molar-refractivity contribution < 1.29 is 9.31 Å². The normalized spacial score (nSPS) is 22.0. The summed E-state index contributed by atoms with van der Waals surface area (Å²) in [5, 5.41) is 0. The Morgan fingerprint density at radius 1 is 1.11 bits per heavy atom. The third kappa shape index (κ3) is 2.88. The van der Waals surface area contributed by atoms with E-state index in [1.807, 2.05) is 11.3 Å². The summed E-state index contributed by atoms with van der Waals surface area (Å²) in [5.74, 6) is 0. The van der Waals surface area contributed by atoms with Gasteiger partial charge in [-0.15, -0.1) is 0 Å². The molecular weight excluding hydrogens is 339 g/mol. The number of halogens is 1. The molecular formula is C13H22BBrO2SSi. The van der Waals surface area contributed by atoms with Crippen LogP contribution in [0.4, 0.5) is 0 Å². The average Bonchev–Trinajstić information content (AvgIpc) is 2.65. The molecule has 0 atom stereocenters. The smallest absolute Gasteiger partial charge is 0.399 e. The van der Waals surface area contributed by atoms with Crippen LogP contribution in [0.25, 0.3) is 0 Å². The van der Waals surface area contributed by atoms with Gasteiger partial charge in [-0.05, 0) is 38.3 Å². The maximum atomic E-state index is 6.13. The van der Waals surface area contributed by atoms with Gasteiger partial charge in [0.15, 0.2) is 0 Å². The second-order valence-corrected chi connectivity index (χ2v) is 14.5. The molecule has 2 nitrogen and oxygen atoms in total. The Kier molecular flexibility index (Phi) is 3.90. The molecule has 0 aromatic carbocycles. The lowest BCUT2D eigenvalue weighted by Gasteiger charge is -2.32. The molecule has 1 saturated heterocycles. The standard InChI is InChI=1S/C13H22BBrO2SSi/c1-12(2)13(3,4)17-14(16-12)11-9(15)8-10(18-11)19(5,6)7/h8H,1-7H3. The minimum atomic E-state index is -1.29. The third-order valence-electron chi connectivity index (χ3n) is 3.92. The minimum Gasteiger partial charge on any atom is -0.399 e. The molecule has 6 heteroatoms. The quantitative estimate of drug-likeness (QED) is 0.753. The average molecular weight is 361 g/mol. The Balaban J connectivity index is 2.33.